The number of H-pyrrole nitrogens is 1. The van der Waals surface area contributed by atoms with Crippen molar-refractivity contribution in [2.24, 2.45) is 5.92 Å². The summed E-state index contributed by atoms with van der Waals surface area (Å²) >= 11 is 0. The van der Waals surface area contributed by atoms with Crippen LogP contribution in [0.5, 0.6) is 0 Å². The van der Waals surface area contributed by atoms with Gasteiger partial charge in [0.1, 0.15) is 0 Å². The molecule has 0 aliphatic heterocycles. The van der Waals surface area contributed by atoms with E-state index in [1.807, 2.05) is 26.1 Å². The van der Waals surface area contributed by atoms with Gasteiger partial charge in [0.15, 0.2) is 0 Å². The van der Waals surface area contributed by atoms with Crippen molar-refractivity contribution in [2.45, 2.75) is 45.6 Å². The molecule has 0 bridgehead atoms. The maximum absolute atomic E-state index is 12.9. The summed E-state index contributed by atoms with van der Waals surface area (Å²) in [4.78, 5) is 18.0. The van der Waals surface area contributed by atoms with Crippen LogP contribution < -0.4 is 0 Å². The molecule has 4 heteroatoms. The predicted octanol–water partition coefficient (Wildman–Crippen LogP) is 3.41. The predicted molar refractivity (Wildman–Crippen MR) is 92.7 cm³/mol. The Balaban J connectivity index is 1.83. The fraction of sp³-hybridized carbons (Fsp3) is 0.526. The van der Waals surface area contributed by atoms with Crippen molar-refractivity contribution in [2.75, 3.05) is 13.6 Å². The largest absolute Gasteiger partial charge is 0.393 e. The smallest absolute Gasteiger partial charge is 0.255 e. The minimum absolute atomic E-state index is 0.0228. The van der Waals surface area contributed by atoms with E-state index in [1.54, 1.807) is 4.90 Å². The second-order valence-corrected chi connectivity index (χ2v) is 6.90. The number of aliphatic hydroxyl groups excluding tert-OH is 1. The molecule has 124 valence electrons. The number of fused-ring (bicyclic) bond motifs is 1. The quantitative estimate of drug-likeness (QED) is 0.912. The number of aromatic amines is 1. The Morgan fingerprint density at radius 1 is 1.30 bits per heavy atom. The summed E-state index contributed by atoms with van der Waals surface area (Å²) in [6, 6.07) is 5.88. The number of carbonyl (C=O) groups is 1. The molecule has 0 radical (unpaired) electrons. The lowest BCUT2D eigenvalue weighted by molar-refractivity contribution is 0.0452. The average molecular weight is 314 g/mol. The van der Waals surface area contributed by atoms with E-state index in [1.165, 1.54) is 5.56 Å². The van der Waals surface area contributed by atoms with E-state index < -0.39 is 0 Å². The van der Waals surface area contributed by atoms with E-state index >= 15 is 0 Å². The van der Waals surface area contributed by atoms with E-state index in [-0.39, 0.29) is 17.9 Å². The van der Waals surface area contributed by atoms with Crippen molar-refractivity contribution in [3.8, 4) is 0 Å². The van der Waals surface area contributed by atoms with Gasteiger partial charge < -0.3 is 15.0 Å². The van der Waals surface area contributed by atoms with Gasteiger partial charge in [-0.3, -0.25) is 4.79 Å². The summed E-state index contributed by atoms with van der Waals surface area (Å²) in [7, 11) is 1.84. The zero-order valence-electron chi connectivity index (χ0n) is 14.2. The van der Waals surface area contributed by atoms with Gasteiger partial charge in [-0.25, -0.2) is 0 Å². The van der Waals surface area contributed by atoms with Crippen LogP contribution in [0.15, 0.2) is 18.2 Å². The van der Waals surface area contributed by atoms with Crippen molar-refractivity contribution in [3.05, 3.63) is 35.0 Å². The molecule has 1 aliphatic rings. The van der Waals surface area contributed by atoms with Crippen LogP contribution in [0, 0.1) is 19.8 Å². The number of aromatic nitrogens is 1. The van der Waals surface area contributed by atoms with Gasteiger partial charge in [-0.2, -0.15) is 0 Å². The molecule has 1 heterocycles. The molecule has 0 saturated heterocycles. The first-order chi connectivity index (χ1) is 11.0. The van der Waals surface area contributed by atoms with Gasteiger partial charge in [-0.1, -0.05) is 25.0 Å². The van der Waals surface area contributed by atoms with Gasteiger partial charge in [0.25, 0.3) is 5.91 Å². The van der Waals surface area contributed by atoms with Crippen LogP contribution in [-0.4, -0.2) is 40.6 Å². The number of aryl methyl sites for hydroxylation is 2. The Labute approximate surface area is 137 Å². The number of nitrogens with one attached hydrogen (secondary N) is 1. The molecule has 2 aromatic rings. The summed E-state index contributed by atoms with van der Waals surface area (Å²) in [5.41, 5.74) is 3.93. The van der Waals surface area contributed by atoms with Crippen LogP contribution in [0.1, 0.15) is 47.3 Å². The van der Waals surface area contributed by atoms with Crippen LogP contribution in [-0.2, 0) is 0 Å². The molecule has 2 atom stereocenters. The molecular weight excluding hydrogens is 288 g/mol. The molecule has 2 unspecified atom stereocenters. The third-order valence-corrected chi connectivity index (χ3v) is 5.30. The van der Waals surface area contributed by atoms with Gasteiger partial charge in [-0.15, -0.1) is 0 Å². The second kappa shape index (κ2) is 6.36. The molecule has 4 nitrogen and oxygen atoms in total. The van der Waals surface area contributed by atoms with Crippen molar-refractivity contribution in [1.29, 1.82) is 0 Å². The molecule has 2 N–H and O–H groups in total. The zero-order chi connectivity index (χ0) is 16.6. The highest BCUT2D eigenvalue weighted by Gasteiger charge is 2.26. The first-order valence-electron chi connectivity index (χ1n) is 8.50. The Morgan fingerprint density at radius 2 is 2.04 bits per heavy atom. The van der Waals surface area contributed by atoms with Gasteiger partial charge >= 0.3 is 0 Å². The van der Waals surface area contributed by atoms with E-state index in [9.17, 15) is 9.90 Å². The highest BCUT2D eigenvalue weighted by Crippen LogP contribution is 2.27. The average Bonchev–Trinajstić information content (AvgIpc) is 2.84. The molecular formula is C19H26N2O2. The SMILES string of the molecule is Cc1[nH]c2c(C(=O)N(C)CC3CCCCC3O)cccc2c1C. The molecule has 23 heavy (non-hydrogen) atoms. The molecule has 1 saturated carbocycles. The van der Waals surface area contributed by atoms with Gasteiger partial charge in [0.05, 0.1) is 17.2 Å². The highest BCUT2D eigenvalue weighted by molar-refractivity contribution is 6.06. The Kier molecular flexibility index (Phi) is 4.44. The molecule has 1 aromatic heterocycles. The number of hydrogen-bond acceptors (Lipinski definition) is 2. The van der Waals surface area contributed by atoms with Crippen LogP contribution >= 0.6 is 0 Å². The Morgan fingerprint density at radius 3 is 2.78 bits per heavy atom. The minimum atomic E-state index is -0.273. The first kappa shape index (κ1) is 16.1. The number of para-hydroxylation sites is 1. The number of rotatable bonds is 3. The maximum atomic E-state index is 12.9. The lowest BCUT2D eigenvalue weighted by Gasteiger charge is -2.31. The number of carbonyl (C=O) groups excluding carboxylic acids is 1. The molecule has 1 amide bonds. The van der Waals surface area contributed by atoms with Crippen LogP contribution in [0.3, 0.4) is 0 Å². The molecule has 3 rings (SSSR count). The van der Waals surface area contributed by atoms with E-state index in [0.717, 1.165) is 42.3 Å². The minimum Gasteiger partial charge on any atom is -0.393 e. The zero-order valence-corrected chi connectivity index (χ0v) is 14.2. The third-order valence-electron chi connectivity index (χ3n) is 5.30. The summed E-state index contributed by atoms with van der Waals surface area (Å²) in [6.45, 7) is 4.73. The maximum Gasteiger partial charge on any atom is 0.255 e. The fourth-order valence-electron chi connectivity index (χ4n) is 3.70. The Hall–Kier alpha value is -1.81. The second-order valence-electron chi connectivity index (χ2n) is 6.90. The lowest BCUT2D eigenvalue weighted by atomic mass is 9.86. The van der Waals surface area contributed by atoms with Crippen LogP contribution in [0.25, 0.3) is 10.9 Å². The number of amides is 1. The third kappa shape index (κ3) is 3.00. The van der Waals surface area contributed by atoms with E-state index in [2.05, 4.69) is 18.0 Å². The van der Waals surface area contributed by atoms with Gasteiger partial charge in [-0.05, 0) is 38.3 Å². The monoisotopic (exact) mass is 314 g/mol. The van der Waals surface area contributed by atoms with Crippen molar-refractivity contribution in [1.82, 2.24) is 9.88 Å². The van der Waals surface area contributed by atoms with Crippen molar-refractivity contribution >= 4 is 16.8 Å². The number of aliphatic hydroxyl groups is 1. The van der Waals surface area contributed by atoms with Crippen LogP contribution in [0.4, 0.5) is 0 Å². The molecule has 1 aliphatic carbocycles. The number of benzene rings is 1. The van der Waals surface area contributed by atoms with E-state index in [4.69, 9.17) is 0 Å². The highest BCUT2D eigenvalue weighted by atomic mass is 16.3. The fourth-order valence-corrected chi connectivity index (χ4v) is 3.70. The topological polar surface area (TPSA) is 56.3 Å². The molecule has 1 fully saturated rings. The summed E-state index contributed by atoms with van der Waals surface area (Å²) in [5, 5.41) is 11.2. The van der Waals surface area contributed by atoms with Gasteiger partial charge in [0, 0.05) is 30.6 Å². The first-order valence-corrected chi connectivity index (χ1v) is 8.50. The van der Waals surface area contributed by atoms with E-state index in [0.29, 0.717) is 12.1 Å². The number of nitrogens with zero attached hydrogens (tertiary/aromatic N) is 1. The van der Waals surface area contributed by atoms with Crippen LogP contribution in [0.2, 0.25) is 0 Å². The lowest BCUT2D eigenvalue weighted by Crippen LogP contribution is -2.38. The molecule has 1 aromatic carbocycles. The van der Waals surface area contributed by atoms with Gasteiger partial charge in [0.2, 0.25) is 0 Å². The summed E-state index contributed by atoms with van der Waals surface area (Å²) in [5.74, 6) is 0.221. The van der Waals surface area contributed by atoms with Crippen molar-refractivity contribution < 1.29 is 9.90 Å². The van der Waals surface area contributed by atoms with Crippen molar-refractivity contribution in [3.63, 3.8) is 0 Å². The summed E-state index contributed by atoms with van der Waals surface area (Å²) < 4.78 is 0. The standard InChI is InChI=1S/C19H26N2O2/c1-12-13(2)20-18-15(12)8-6-9-16(18)19(23)21(3)11-14-7-4-5-10-17(14)22/h6,8-9,14,17,20,22H,4-5,7,10-11H2,1-3H3. The summed E-state index contributed by atoms with van der Waals surface area (Å²) in [6.07, 6.45) is 3.83. The number of hydrogen-bond donors (Lipinski definition) is 2. The normalized spacial score (nSPS) is 21.6. The Bertz CT molecular complexity index is 719. The molecule has 0 spiro atoms.